The molecule has 1 amide bonds. The number of nitrogens with zero attached hydrogens (tertiary/aromatic N) is 1. The molecule has 0 aliphatic rings. The van der Waals surface area contributed by atoms with Gasteiger partial charge in [-0.1, -0.05) is 31.5 Å². The van der Waals surface area contributed by atoms with Gasteiger partial charge < -0.3 is 16.0 Å². The van der Waals surface area contributed by atoms with E-state index in [1.807, 2.05) is 31.2 Å². The molecule has 1 aromatic carbocycles. The van der Waals surface area contributed by atoms with Crippen LogP contribution in [-0.4, -0.2) is 38.5 Å². The zero-order chi connectivity index (χ0) is 17.1. The molecule has 24 heavy (non-hydrogen) atoms. The van der Waals surface area contributed by atoms with Crippen molar-refractivity contribution in [3.8, 4) is 0 Å². The average molecular weight is 446 g/mol. The highest BCUT2D eigenvalue weighted by molar-refractivity contribution is 14.0. The van der Waals surface area contributed by atoms with Crippen molar-refractivity contribution in [3.05, 3.63) is 35.4 Å². The standard InChI is InChI=1S/C18H30N4O.HI/c1-14(2)7-6-10-21-18(19-4)22-12-11-20-17(23)16-9-5-8-15(3)13-16;/h5,8-9,13-14H,6-7,10-12H2,1-4H3,(H,20,23)(H2,19,21,22);1H. The molecule has 0 atom stereocenters. The number of carbonyl (C=O) groups is 1. The molecule has 1 rings (SSSR count). The number of halogens is 1. The summed E-state index contributed by atoms with van der Waals surface area (Å²) in [7, 11) is 1.75. The number of hydrogen-bond acceptors (Lipinski definition) is 2. The van der Waals surface area contributed by atoms with Gasteiger partial charge in [0.2, 0.25) is 0 Å². The molecular weight excluding hydrogens is 415 g/mol. The van der Waals surface area contributed by atoms with Crippen LogP contribution in [0, 0.1) is 12.8 Å². The summed E-state index contributed by atoms with van der Waals surface area (Å²) in [5.41, 5.74) is 1.78. The Hall–Kier alpha value is -1.31. The number of nitrogens with one attached hydrogen (secondary N) is 3. The first-order valence-electron chi connectivity index (χ1n) is 8.32. The summed E-state index contributed by atoms with van der Waals surface area (Å²) in [5.74, 6) is 1.46. The monoisotopic (exact) mass is 446 g/mol. The number of guanidine groups is 1. The van der Waals surface area contributed by atoms with Crippen LogP contribution in [-0.2, 0) is 0 Å². The third-order valence-electron chi connectivity index (χ3n) is 3.46. The minimum absolute atomic E-state index is 0. The number of hydrogen-bond donors (Lipinski definition) is 3. The highest BCUT2D eigenvalue weighted by Crippen LogP contribution is 2.03. The van der Waals surface area contributed by atoms with Crippen LogP contribution >= 0.6 is 24.0 Å². The van der Waals surface area contributed by atoms with Gasteiger partial charge in [0, 0.05) is 32.2 Å². The second-order valence-electron chi connectivity index (χ2n) is 6.09. The third kappa shape index (κ3) is 9.75. The van der Waals surface area contributed by atoms with Gasteiger partial charge in [0.05, 0.1) is 0 Å². The molecule has 0 heterocycles. The fourth-order valence-corrected chi connectivity index (χ4v) is 2.18. The van der Waals surface area contributed by atoms with Gasteiger partial charge in [-0.05, 0) is 37.8 Å². The summed E-state index contributed by atoms with van der Waals surface area (Å²) in [4.78, 5) is 16.2. The van der Waals surface area contributed by atoms with Crippen molar-refractivity contribution in [2.75, 3.05) is 26.7 Å². The van der Waals surface area contributed by atoms with E-state index in [0.29, 0.717) is 18.7 Å². The summed E-state index contributed by atoms with van der Waals surface area (Å²) in [5, 5.41) is 9.38. The number of carbonyl (C=O) groups excluding carboxylic acids is 1. The van der Waals surface area contributed by atoms with Crippen molar-refractivity contribution in [2.24, 2.45) is 10.9 Å². The van der Waals surface area contributed by atoms with E-state index in [0.717, 1.165) is 30.4 Å². The van der Waals surface area contributed by atoms with E-state index in [4.69, 9.17) is 0 Å². The lowest BCUT2D eigenvalue weighted by Crippen LogP contribution is -2.41. The Balaban J connectivity index is 0.00000529. The van der Waals surface area contributed by atoms with Crippen molar-refractivity contribution in [3.63, 3.8) is 0 Å². The lowest BCUT2D eigenvalue weighted by atomic mass is 10.1. The maximum Gasteiger partial charge on any atom is 0.251 e. The lowest BCUT2D eigenvalue weighted by molar-refractivity contribution is 0.0954. The quantitative estimate of drug-likeness (QED) is 0.249. The first-order valence-corrected chi connectivity index (χ1v) is 8.32. The van der Waals surface area contributed by atoms with Gasteiger partial charge in [-0.15, -0.1) is 24.0 Å². The molecule has 3 N–H and O–H groups in total. The number of amides is 1. The normalized spacial score (nSPS) is 11.0. The van der Waals surface area contributed by atoms with Gasteiger partial charge in [0.25, 0.3) is 5.91 Å². The van der Waals surface area contributed by atoms with Crippen LogP contribution in [0.5, 0.6) is 0 Å². The fourth-order valence-electron chi connectivity index (χ4n) is 2.18. The van der Waals surface area contributed by atoms with Crippen LogP contribution in [0.2, 0.25) is 0 Å². The van der Waals surface area contributed by atoms with Crippen molar-refractivity contribution < 1.29 is 4.79 Å². The summed E-state index contributed by atoms with van der Waals surface area (Å²) in [6, 6.07) is 7.58. The molecule has 0 aromatic heterocycles. The highest BCUT2D eigenvalue weighted by atomic mass is 127. The predicted octanol–water partition coefficient (Wildman–Crippen LogP) is 2.94. The molecule has 0 aliphatic heterocycles. The third-order valence-corrected chi connectivity index (χ3v) is 3.46. The molecule has 0 saturated carbocycles. The number of aryl methyl sites for hydroxylation is 1. The minimum Gasteiger partial charge on any atom is -0.356 e. The molecule has 0 fully saturated rings. The van der Waals surface area contributed by atoms with E-state index in [1.165, 1.54) is 6.42 Å². The molecule has 136 valence electrons. The number of rotatable bonds is 8. The SMILES string of the molecule is CN=C(NCCCC(C)C)NCCNC(=O)c1cccc(C)c1.I. The molecular formula is C18H31IN4O. The molecule has 0 aliphatic carbocycles. The summed E-state index contributed by atoms with van der Waals surface area (Å²) < 4.78 is 0. The Morgan fingerprint density at radius 2 is 1.79 bits per heavy atom. The van der Waals surface area contributed by atoms with Gasteiger partial charge in [-0.2, -0.15) is 0 Å². The van der Waals surface area contributed by atoms with Crippen LogP contribution in [0.1, 0.15) is 42.6 Å². The zero-order valence-corrected chi connectivity index (χ0v) is 17.5. The summed E-state index contributed by atoms with van der Waals surface area (Å²) >= 11 is 0. The van der Waals surface area contributed by atoms with E-state index >= 15 is 0 Å². The Morgan fingerprint density at radius 1 is 1.12 bits per heavy atom. The van der Waals surface area contributed by atoms with Gasteiger partial charge in [-0.3, -0.25) is 9.79 Å². The van der Waals surface area contributed by atoms with Crippen molar-refractivity contribution in [1.29, 1.82) is 0 Å². The van der Waals surface area contributed by atoms with Gasteiger partial charge in [0.15, 0.2) is 5.96 Å². The molecule has 0 bridgehead atoms. The molecule has 5 nitrogen and oxygen atoms in total. The average Bonchev–Trinajstić information content (AvgIpc) is 2.52. The first-order chi connectivity index (χ1) is 11.0. The molecule has 0 unspecified atom stereocenters. The predicted molar refractivity (Wildman–Crippen MR) is 112 cm³/mol. The van der Waals surface area contributed by atoms with Crippen LogP contribution in [0.4, 0.5) is 0 Å². The minimum atomic E-state index is -0.0459. The van der Waals surface area contributed by atoms with Crippen molar-refractivity contribution >= 4 is 35.8 Å². The Morgan fingerprint density at radius 3 is 2.42 bits per heavy atom. The van der Waals surface area contributed by atoms with Gasteiger partial charge >= 0.3 is 0 Å². The van der Waals surface area contributed by atoms with Gasteiger partial charge in [-0.25, -0.2) is 0 Å². The first kappa shape index (κ1) is 22.7. The number of aliphatic imine (C=N–C) groups is 1. The Kier molecular flexibility index (Phi) is 12.3. The molecule has 0 spiro atoms. The van der Waals surface area contributed by atoms with Crippen LogP contribution < -0.4 is 16.0 Å². The topological polar surface area (TPSA) is 65.5 Å². The Labute approximate surface area is 163 Å². The molecule has 0 radical (unpaired) electrons. The van der Waals surface area contributed by atoms with Crippen molar-refractivity contribution in [1.82, 2.24) is 16.0 Å². The van der Waals surface area contributed by atoms with Gasteiger partial charge in [0.1, 0.15) is 0 Å². The van der Waals surface area contributed by atoms with E-state index in [2.05, 4.69) is 34.8 Å². The zero-order valence-electron chi connectivity index (χ0n) is 15.2. The maximum absolute atomic E-state index is 12.0. The van der Waals surface area contributed by atoms with E-state index in [9.17, 15) is 4.79 Å². The number of benzene rings is 1. The van der Waals surface area contributed by atoms with Crippen molar-refractivity contribution in [2.45, 2.75) is 33.6 Å². The highest BCUT2D eigenvalue weighted by Gasteiger charge is 2.04. The van der Waals surface area contributed by atoms with E-state index < -0.39 is 0 Å². The van der Waals surface area contributed by atoms with Crippen LogP contribution in [0.25, 0.3) is 0 Å². The second kappa shape index (κ2) is 13.0. The second-order valence-corrected chi connectivity index (χ2v) is 6.09. The maximum atomic E-state index is 12.0. The molecule has 0 saturated heterocycles. The molecule has 6 heteroatoms. The largest absolute Gasteiger partial charge is 0.356 e. The van der Waals surface area contributed by atoms with E-state index in [-0.39, 0.29) is 29.9 Å². The smallest absolute Gasteiger partial charge is 0.251 e. The molecule has 1 aromatic rings. The van der Waals surface area contributed by atoms with E-state index in [1.54, 1.807) is 7.05 Å². The van der Waals surface area contributed by atoms with Crippen LogP contribution in [0.15, 0.2) is 29.3 Å². The Bertz CT molecular complexity index is 517. The van der Waals surface area contributed by atoms with Crippen LogP contribution in [0.3, 0.4) is 0 Å². The lowest BCUT2D eigenvalue weighted by Gasteiger charge is -2.13. The fraction of sp³-hybridized carbons (Fsp3) is 0.556. The summed E-state index contributed by atoms with van der Waals surface area (Å²) in [6.45, 7) is 8.54. The summed E-state index contributed by atoms with van der Waals surface area (Å²) in [6.07, 6.45) is 2.33.